The summed E-state index contributed by atoms with van der Waals surface area (Å²) in [5, 5.41) is 2.19. The van der Waals surface area contributed by atoms with Gasteiger partial charge in [-0.2, -0.15) is 0 Å². The Hall–Kier alpha value is -1.67. The molecule has 3 rings (SSSR count). The lowest BCUT2D eigenvalue weighted by Crippen LogP contribution is -1.92. The molecule has 2 heteroatoms. The van der Waals surface area contributed by atoms with Crippen molar-refractivity contribution in [2.75, 3.05) is 0 Å². The van der Waals surface area contributed by atoms with Gasteiger partial charge in [0, 0.05) is 16.9 Å². The zero-order chi connectivity index (χ0) is 21.3. The average molecular weight is 469 g/mol. The largest absolute Gasteiger partial charge is 0.256 e. The van der Waals surface area contributed by atoms with Crippen LogP contribution in [0.4, 0.5) is 0 Å². The second-order valence-electron chi connectivity index (χ2n) is 8.03. The lowest BCUT2D eigenvalue weighted by atomic mass is 10.0. The highest BCUT2D eigenvalue weighted by atomic mass is 79.9. The fourth-order valence-electron chi connectivity index (χ4n) is 3.75. The number of halogens is 1. The van der Waals surface area contributed by atoms with Crippen molar-refractivity contribution in [3.8, 4) is 0 Å². The van der Waals surface area contributed by atoms with Crippen LogP contribution in [0.5, 0.6) is 0 Å². The maximum atomic E-state index is 4.18. The molecule has 0 radical (unpaired) electrons. The van der Waals surface area contributed by atoms with Crippen LogP contribution in [0.2, 0.25) is 0 Å². The van der Waals surface area contributed by atoms with E-state index >= 15 is 0 Å². The molecule has 0 amide bonds. The number of unbranched alkanes of at least 4 members (excludes halogenated alkanes) is 9. The van der Waals surface area contributed by atoms with Gasteiger partial charge in [0.1, 0.15) is 0 Å². The SMILES string of the molecule is CCCCCCCCCCCCc1ccccc1CBr.c1ccc2ncccc2c1. The summed E-state index contributed by atoms with van der Waals surface area (Å²) < 4.78 is 0. The summed E-state index contributed by atoms with van der Waals surface area (Å²) in [5.41, 5.74) is 4.05. The summed E-state index contributed by atoms with van der Waals surface area (Å²) in [6.07, 6.45) is 17.2. The van der Waals surface area contributed by atoms with E-state index in [0.29, 0.717) is 0 Å². The van der Waals surface area contributed by atoms with Crippen LogP contribution in [0.1, 0.15) is 82.3 Å². The molecule has 0 aliphatic rings. The summed E-state index contributed by atoms with van der Waals surface area (Å²) >= 11 is 3.58. The van der Waals surface area contributed by atoms with Crippen molar-refractivity contribution < 1.29 is 0 Å². The van der Waals surface area contributed by atoms with Crippen molar-refractivity contribution in [2.45, 2.75) is 82.9 Å². The zero-order valence-corrected chi connectivity index (χ0v) is 20.2. The lowest BCUT2D eigenvalue weighted by molar-refractivity contribution is 0.556. The third kappa shape index (κ3) is 9.89. The van der Waals surface area contributed by atoms with Crippen molar-refractivity contribution in [3.63, 3.8) is 0 Å². The molecular weight excluding hydrogens is 430 g/mol. The minimum Gasteiger partial charge on any atom is -0.256 e. The summed E-state index contributed by atoms with van der Waals surface area (Å²) in [7, 11) is 0. The van der Waals surface area contributed by atoms with E-state index in [-0.39, 0.29) is 0 Å². The predicted molar refractivity (Wildman–Crippen MR) is 136 cm³/mol. The summed E-state index contributed by atoms with van der Waals surface area (Å²) in [5.74, 6) is 0. The van der Waals surface area contributed by atoms with Crippen molar-refractivity contribution in [1.82, 2.24) is 4.98 Å². The molecule has 3 aromatic rings. The molecule has 0 saturated heterocycles. The topological polar surface area (TPSA) is 12.9 Å². The number of aryl methyl sites for hydroxylation is 1. The highest BCUT2D eigenvalue weighted by Gasteiger charge is 2.00. The molecule has 0 saturated carbocycles. The van der Waals surface area contributed by atoms with Gasteiger partial charge in [0.25, 0.3) is 0 Å². The van der Waals surface area contributed by atoms with E-state index in [1.807, 2.05) is 30.5 Å². The number of para-hydroxylation sites is 1. The number of hydrogen-bond donors (Lipinski definition) is 0. The van der Waals surface area contributed by atoms with Crippen molar-refractivity contribution >= 4 is 26.8 Å². The number of nitrogens with zero attached hydrogens (tertiary/aromatic N) is 1. The smallest absolute Gasteiger partial charge is 0.0701 e. The van der Waals surface area contributed by atoms with E-state index in [0.717, 1.165) is 10.8 Å². The molecule has 0 fully saturated rings. The number of rotatable bonds is 12. The molecular formula is C28H38BrN. The normalized spacial score (nSPS) is 10.6. The Bertz CT molecular complexity index is 749. The molecule has 0 atom stereocenters. The predicted octanol–water partition coefficient (Wildman–Crippen LogP) is 9.28. The van der Waals surface area contributed by atoms with Gasteiger partial charge in [-0.05, 0) is 36.1 Å². The van der Waals surface area contributed by atoms with Gasteiger partial charge in [0.2, 0.25) is 0 Å². The third-order valence-electron chi connectivity index (χ3n) is 5.57. The number of aromatic nitrogens is 1. The van der Waals surface area contributed by atoms with Gasteiger partial charge >= 0.3 is 0 Å². The monoisotopic (exact) mass is 467 g/mol. The molecule has 30 heavy (non-hydrogen) atoms. The van der Waals surface area contributed by atoms with Crippen LogP contribution < -0.4 is 0 Å². The highest BCUT2D eigenvalue weighted by Crippen LogP contribution is 2.17. The highest BCUT2D eigenvalue weighted by molar-refractivity contribution is 9.08. The maximum absolute atomic E-state index is 4.18. The molecule has 1 aromatic heterocycles. The van der Waals surface area contributed by atoms with Gasteiger partial charge < -0.3 is 0 Å². The first-order chi connectivity index (χ1) is 14.8. The number of alkyl halides is 1. The number of pyridine rings is 1. The van der Waals surface area contributed by atoms with E-state index in [1.54, 1.807) is 0 Å². The van der Waals surface area contributed by atoms with E-state index < -0.39 is 0 Å². The molecule has 1 heterocycles. The molecule has 162 valence electrons. The second kappa shape index (κ2) is 16.1. The summed E-state index contributed by atoms with van der Waals surface area (Å²) in [6, 6.07) is 20.9. The van der Waals surface area contributed by atoms with E-state index in [2.05, 4.69) is 64.2 Å². The van der Waals surface area contributed by atoms with Gasteiger partial charge in [-0.3, -0.25) is 4.98 Å². The molecule has 1 nitrogen and oxygen atoms in total. The van der Waals surface area contributed by atoms with Crippen LogP contribution >= 0.6 is 15.9 Å². The minimum absolute atomic E-state index is 0.987. The molecule has 0 aliphatic heterocycles. The zero-order valence-electron chi connectivity index (χ0n) is 18.7. The average Bonchev–Trinajstić information content (AvgIpc) is 2.81. The second-order valence-corrected chi connectivity index (χ2v) is 8.59. The number of benzene rings is 2. The molecule has 0 spiro atoms. The third-order valence-corrected chi connectivity index (χ3v) is 6.18. The maximum Gasteiger partial charge on any atom is 0.0701 e. The lowest BCUT2D eigenvalue weighted by Gasteiger charge is -2.07. The Morgan fingerprint density at radius 3 is 1.87 bits per heavy atom. The first kappa shape index (κ1) is 24.6. The fraction of sp³-hybridized carbons (Fsp3) is 0.464. The number of fused-ring (bicyclic) bond motifs is 1. The molecule has 2 aromatic carbocycles. The Labute approximate surface area is 192 Å². The summed E-state index contributed by atoms with van der Waals surface area (Å²) in [4.78, 5) is 4.18. The van der Waals surface area contributed by atoms with Gasteiger partial charge in [-0.15, -0.1) is 0 Å². The van der Waals surface area contributed by atoms with Gasteiger partial charge in [-0.1, -0.05) is 129 Å². The van der Waals surface area contributed by atoms with E-state index in [1.165, 1.54) is 87.1 Å². The van der Waals surface area contributed by atoms with Crippen molar-refractivity contribution in [2.24, 2.45) is 0 Å². The van der Waals surface area contributed by atoms with Gasteiger partial charge in [0.15, 0.2) is 0 Å². The minimum atomic E-state index is 0.987. The van der Waals surface area contributed by atoms with Crippen LogP contribution in [0, 0.1) is 0 Å². The van der Waals surface area contributed by atoms with Crippen LogP contribution in [0.3, 0.4) is 0 Å². The van der Waals surface area contributed by atoms with Gasteiger partial charge in [-0.25, -0.2) is 0 Å². The van der Waals surface area contributed by atoms with E-state index in [4.69, 9.17) is 0 Å². The Balaban J connectivity index is 0.000000263. The Morgan fingerprint density at radius 2 is 1.20 bits per heavy atom. The Morgan fingerprint density at radius 1 is 0.633 bits per heavy atom. The standard InChI is InChI=1S/C19H31Br.C9H7N/c1-2-3-4-5-6-7-8-9-10-11-14-18-15-12-13-16-19(18)17-20;1-2-6-9-8(4-1)5-3-7-10-9/h12-13,15-16H,2-11,14,17H2,1H3;1-7H. The van der Waals surface area contributed by atoms with E-state index in [9.17, 15) is 0 Å². The van der Waals surface area contributed by atoms with Crippen molar-refractivity contribution in [3.05, 3.63) is 78.0 Å². The molecule has 0 unspecified atom stereocenters. The van der Waals surface area contributed by atoms with Crippen LogP contribution in [0.15, 0.2) is 66.9 Å². The first-order valence-corrected chi connectivity index (χ1v) is 12.9. The first-order valence-electron chi connectivity index (χ1n) is 11.8. The Kier molecular flexibility index (Phi) is 13.2. The molecule has 0 N–H and O–H groups in total. The fourth-order valence-corrected chi connectivity index (χ4v) is 4.30. The number of hydrogen-bond acceptors (Lipinski definition) is 1. The van der Waals surface area contributed by atoms with Crippen LogP contribution in [-0.4, -0.2) is 4.98 Å². The van der Waals surface area contributed by atoms with Gasteiger partial charge in [0.05, 0.1) is 5.52 Å². The molecule has 0 bridgehead atoms. The van der Waals surface area contributed by atoms with Crippen LogP contribution in [-0.2, 0) is 11.8 Å². The summed E-state index contributed by atoms with van der Waals surface area (Å²) in [6.45, 7) is 2.29. The molecule has 0 aliphatic carbocycles. The van der Waals surface area contributed by atoms with Crippen molar-refractivity contribution in [1.29, 1.82) is 0 Å². The quantitative estimate of drug-likeness (QED) is 0.191. The van der Waals surface area contributed by atoms with Crippen LogP contribution in [0.25, 0.3) is 10.9 Å².